The Labute approximate surface area is 129 Å². The second kappa shape index (κ2) is 8.68. The Kier molecular flexibility index (Phi) is 6.58. The molecule has 0 aliphatic carbocycles. The topological polar surface area (TPSA) is 50.4 Å². The molecule has 1 amide bonds. The van der Waals surface area contributed by atoms with Crippen molar-refractivity contribution in [3.8, 4) is 5.75 Å². The van der Waals surface area contributed by atoms with Crippen LogP contribution in [0.15, 0.2) is 24.3 Å². The van der Waals surface area contributed by atoms with Gasteiger partial charge in [0.25, 0.3) is 0 Å². The number of piperidine rings is 1. The number of amides is 1. The predicted octanol–water partition coefficient (Wildman–Crippen LogP) is 2.68. The fourth-order valence-corrected chi connectivity index (χ4v) is 2.58. The molecule has 1 aromatic rings. The molecule has 6 heteroatoms. The van der Waals surface area contributed by atoms with Crippen LogP contribution in [0.5, 0.6) is 5.75 Å². The molecule has 122 valence electrons. The van der Waals surface area contributed by atoms with Gasteiger partial charge in [-0.05, 0) is 56.0 Å². The Morgan fingerprint density at radius 1 is 1.27 bits per heavy atom. The fraction of sp³-hybridized carbons (Fsp3) is 0.562. The zero-order valence-corrected chi connectivity index (χ0v) is 12.5. The Balaban J connectivity index is 1.67. The Hall–Kier alpha value is -1.69. The Bertz CT molecular complexity index is 460. The minimum atomic E-state index is -2.82. The number of hydrogen-bond donors (Lipinski definition) is 2. The molecule has 0 saturated carbocycles. The van der Waals surface area contributed by atoms with Gasteiger partial charge in [0.05, 0.1) is 0 Å². The first-order valence-corrected chi connectivity index (χ1v) is 7.64. The van der Waals surface area contributed by atoms with Crippen molar-refractivity contribution in [1.29, 1.82) is 0 Å². The van der Waals surface area contributed by atoms with Crippen molar-refractivity contribution in [2.75, 3.05) is 13.1 Å². The third kappa shape index (κ3) is 5.97. The number of halogens is 2. The summed E-state index contributed by atoms with van der Waals surface area (Å²) in [4.78, 5) is 11.8. The van der Waals surface area contributed by atoms with Gasteiger partial charge in [0.2, 0.25) is 5.91 Å². The number of alkyl halides is 2. The van der Waals surface area contributed by atoms with Crippen LogP contribution in [0.4, 0.5) is 8.78 Å². The van der Waals surface area contributed by atoms with E-state index in [2.05, 4.69) is 15.4 Å². The first kappa shape index (κ1) is 16.7. The molecule has 0 radical (unpaired) electrons. The number of benzene rings is 1. The summed E-state index contributed by atoms with van der Waals surface area (Å²) in [7, 11) is 0. The summed E-state index contributed by atoms with van der Waals surface area (Å²) in [5.74, 6) is 0.792. The van der Waals surface area contributed by atoms with Crippen LogP contribution in [-0.2, 0) is 11.3 Å². The van der Waals surface area contributed by atoms with E-state index in [1.807, 2.05) is 0 Å². The molecule has 0 unspecified atom stereocenters. The molecule has 22 heavy (non-hydrogen) atoms. The molecular weight excluding hydrogens is 290 g/mol. The lowest BCUT2D eigenvalue weighted by Crippen LogP contribution is -2.29. The molecule has 0 bridgehead atoms. The lowest BCUT2D eigenvalue weighted by Gasteiger charge is -2.22. The molecular formula is C16H22F2N2O2. The van der Waals surface area contributed by atoms with Gasteiger partial charge in [0, 0.05) is 13.0 Å². The van der Waals surface area contributed by atoms with Gasteiger partial charge in [-0.2, -0.15) is 8.78 Å². The van der Waals surface area contributed by atoms with Gasteiger partial charge >= 0.3 is 6.61 Å². The highest BCUT2D eigenvalue weighted by molar-refractivity contribution is 5.75. The third-order valence-electron chi connectivity index (χ3n) is 3.88. The zero-order chi connectivity index (χ0) is 15.8. The van der Waals surface area contributed by atoms with Gasteiger partial charge < -0.3 is 15.4 Å². The van der Waals surface area contributed by atoms with Crippen molar-refractivity contribution in [2.24, 2.45) is 5.92 Å². The Morgan fingerprint density at radius 3 is 2.59 bits per heavy atom. The standard InChI is InChI=1S/C16H22F2N2O2/c17-16(18)22-14-4-1-13(2-5-14)11-20-15(21)6-3-12-7-9-19-10-8-12/h1-2,4-5,12,16,19H,3,6-11H2,(H,20,21). The number of nitrogens with one attached hydrogen (secondary N) is 2. The molecule has 1 aliphatic heterocycles. The summed E-state index contributed by atoms with van der Waals surface area (Å²) in [6.07, 6.45) is 3.74. The van der Waals surface area contributed by atoms with Gasteiger partial charge in [0.15, 0.2) is 0 Å². The minimum Gasteiger partial charge on any atom is -0.435 e. The van der Waals surface area contributed by atoms with E-state index in [4.69, 9.17) is 0 Å². The van der Waals surface area contributed by atoms with Gasteiger partial charge in [-0.1, -0.05) is 12.1 Å². The molecule has 0 spiro atoms. The van der Waals surface area contributed by atoms with E-state index in [1.165, 1.54) is 12.1 Å². The van der Waals surface area contributed by atoms with Crippen molar-refractivity contribution in [2.45, 2.75) is 38.8 Å². The van der Waals surface area contributed by atoms with Crippen LogP contribution in [0.25, 0.3) is 0 Å². The smallest absolute Gasteiger partial charge is 0.387 e. The maximum absolute atomic E-state index is 12.0. The lowest BCUT2D eigenvalue weighted by atomic mass is 9.93. The predicted molar refractivity (Wildman–Crippen MR) is 79.7 cm³/mol. The normalized spacial score (nSPS) is 15.8. The van der Waals surface area contributed by atoms with E-state index in [0.717, 1.165) is 37.9 Å². The van der Waals surface area contributed by atoms with Gasteiger partial charge in [-0.15, -0.1) is 0 Å². The van der Waals surface area contributed by atoms with Gasteiger partial charge in [-0.3, -0.25) is 4.79 Å². The SMILES string of the molecule is O=C(CCC1CCNCC1)NCc1ccc(OC(F)F)cc1. The van der Waals surface area contributed by atoms with E-state index in [0.29, 0.717) is 18.9 Å². The van der Waals surface area contributed by atoms with Gasteiger partial charge in [0.1, 0.15) is 5.75 Å². The monoisotopic (exact) mass is 312 g/mol. The van der Waals surface area contributed by atoms with Crippen LogP contribution >= 0.6 is 0 Å². The second-order valence-corrected chi connectivity index (χ2v) is 5.53. The maximum atomic E-state index is 12.0. The fourth-order valence-electron chi connectivity index (χ4n) is 2.58. The summed E-state index contributed by atoms with van der Waals surface area (Å²) in [6.45, 7) is -0.334. The van der Waals surface area contributed by atoms with E-state index in [9.17, 15) is 13.6 Å². The second-order valence-electron chi connectivity index (χ2n) is 5.53. The van der Waals surface area contributed by atoms with Crippen molar-refractivity contribution in [3.63, 3.8) is 0 Å². The lowest BCUT2D eigenvalue weighted by molar-refractivity contribution is -0.121. The van der Waals surface area contributed by atoms with Crippen LogP contribution in [0.1, 0.15) is 31.2 Å². The highest BCUT2D eigenvalue weighted by atomic mass is 19.3. The van der Waals surface area contributed by atoms with Crippen LogP contribution in [0.3, 0.4) is 0 Å². The first-order chi connectivity index (χ1) is 10.6. The average Bonchev–Trinajstić information content (AvgIpc) is 2.53. The largest absolute Gasteiger partial charge is 0.435 e. The quantitative estimate of drug-likeness (QED) is 0.814. The Morgan fingerprint density at radius 2 is 1.95 bits per heavy atom. The molecule has 0 aromatic heterocycles. The number of hydrogen-bond acceptors (Lipinski definition) is 3. The van der Waals surface area contributed by atoms with E-state index in [1.54, 1.807) is 12.1 Å². The highest BCUT2D eigenvalue weighted by Gasteiger charge is 2.14. The van der Waals surface area contributed by atoms with Crippen molar-refractivity contribution in [3.05, 3.63) is 29.8 Å². The first-order valence-electron chi connectivity index (χ1n) is 7.64. The maximum Gasteiger partial charge on any atom is 0.387 e. The number of ether oxygens (including phenoxy) is 1. The van der Waals surface area contributed by atoms with Crippen molar-refractivity contribution in [1.82, 2.24) is 10.6 Å². The molecule has 1 aromatic carbocycles. The third-order valence-corrected chi connectivity index (χ3v) is 3.88. The molecule has 4 nitrogen and oxygen atoms in total. The minimum absolute atomic E-state index is 0.0337. The van der Waals surface area contributed by atoms with Gasteiger partial charge in [-0.25, -0.2) is 0 Å². The molecule has 1 saturated heterocycles. The van der Waals surface area contributed by atoms with Crippen molar-refractivity contribution >= 4 is 5.91 Å². The number of carbonyl (C=O) groups excluding carboxylic acids is 1. The summed E-state index contributed by atoms with van der Waals surface area (Å²) in [5, 5.41) is 6.16. The summed E-state index contributed by atoms with van der Waals surface area (Å²) < 4.78 is 28.3. The molecule has 0 atom stereocenters. The molecule has 1 aliphatic rings. The number of carbonyl (C=O) groups is 1. The summed E-state index contributed by atoms with van der Waals surface area (Å²) >= 11 is 0. The average molecular weight is 312 g/mol. The summed E-state index contributed by atoms with van der Waals surface area (Å²) in [6, 6.07) is 6.29. The molecule has 1 heterocycles. The van der Waals surface area contributed by atoms with E-state index < -0.39 is 6.61 Å². The highest BCUT2D eigenvalue weighted by Crippen LogP contribution is 2.18. The van der Waals surface area contributed by atoms with E-state index in [-0.39, 0.29) is 11.7 Å². The van der Waals surface area contributed by atoms with Crippen LogP contribution < -0.4 is 15.4 Å². The molecule has 1 fully saturated rings. The zero-order valence-electron chi connectivity index (χ0n) is 12.5. The van der Waals surface area contributed by atoms with Crippen LogP contribution in [0, 0.1) is 5.92 Å². The molecule has 2 N–H and O–H groups in total. The summed E-state index contributed by atoms with van der Waals surface area (Å²) in [5.41, 5.74) is 0.858. The van der Waals surface area contributed by atoms with Crippen LogP contribution in [-0.4, -0.2) is 25.6 Å². The number of rotatable bonds is 7. The van der Waals surface area contributed by atoms with E-state index >= 15 is 0 Å². The van der Waals surface area contributed by atoms with Crippen LogP contribution in [0.2, 0.25) is 0 Å². The molecule has 2 rings (SSSR count). The van der Waals surface area contributed by atoms with Crippen molar-refractivity contribution < 1.29 is 18.3 Å².